The molecule has 0 atom stereocenters. The average molecular weight is 308 g/mol. The topological polar surface area (TPSA) is 24.8 Å². The van der Waals surface area contributed by atoms with Crippen LogP contribution in [0, 0.1) is 11.8 Å². The van der Waals surface area contributed by atoms with E-state index >= 15 is 0 Å². The predicted octanol–water partition coefficient (Wildman–Crippen LogP) is 2.76. The van der Waals surface area contributed by atoms with Crippen molar-refractivity contribution in [3.8, 4) is 0 Å². The second kappa shape index (κ2) is 8.11. The van der Waals surface area contributed by atoms with E-state index in [1.54, 1.807) is 0 Å². The van der Waals surface area contributed by atoms with Crippen LogP contribution in [0.15, 0.2) is 17.4 Å². The second-order valence-electron chi connectivity index (χ2n) is 7.60. The summed E-state index contributed by atoms with van der Waals surface area (Å²) in [4.78, 5) is 6.57. The van der Waals surface area contributed by atoms with Crippen molar-refractivity contribution in [2.45, 2.75) is 32.6 Å². The van der Waals surface area contributed by atoms with Gasteiger partial charge in [0.05, 0.1) is 27.2 Å². The molecule has 2 aliphatic rings. The lowest BCUT2D eigenvalue weighted by Crippen LogP contribution is -2.46. The number of hydrogen-bond donors (Lipinski definition) is 0. The van der Waals surface area contributed by atoms with E-state index in [0.29, 0.717) is 5.92 Å². The Balaban J connectivity index is 1.58. The minimum atomic E-state index is 0.713. The summed E-state index contributed by atoms with van der Waals surface area (Å²) in [5.74, 6) is 2.40. The summed E-state index contributed by atoms with van der Waals surface area (Å²) in [5.41, 5.74) is 0. The van der Waals surface area contributed by atoms with Crippen molar-refractivity contribution in [3.63, 3.8) is 0 Å². The molecule has 2 aliphatic heterocycles. The zero-order valence-corrected chi connectivity index (χ0v) is 14.8. The van der Waals surface area contributed by atoms with E-state index < -0.39 is 0 Å². The first-order valence-corrected chi connectivity index (χ1v) is 8.82. The Morgan fingerprint density at radius 2 is 1.68 bits per heavy atom. The SMILES string of the molecule is C=C(/N=C\C)N1CCC(COCC2CC[N+](C)(C)CC2)CC1. The van der Waals surface area contributed by atoms with Gasteiger partial charge in [-0.3, -0.25) is 0 Å². The summed E-state index contributed by atoms with van der Waals surface area (Å²) in [6, 6.07) is 0. The van der Waals surface area contributed by atoms with Crippen molar-refractivity contribution in [3.05, 3.63) is 12.4 Å². The maximum absolute atomic E-state index is 6.05. The van der Waals surface area contributed by atoms with E-state index in [0.717, 1.165) is 38.0 Å². The molecule has 0 aliphatic carbocycles. The molecule has 0 radical (unpaired) electrons. The zero-order valence-electron chi connectivity index (χ0n) is 14.8. The standard InChI is InChI=1S/C18H34N3O/c1-5-19-16(2)20-10-6-17(7-11-20)14-22-15-18-8-12-21(3,4)13-9-18/h5,17-18H,2,6-15H2,1,3-4H3/q+1/b19-5-. The van der Waals surface area contributed by atoms with E-state index in [1.165, 1.54) is 43.3 Å². The van der Waals surface area contributed by atoms with Gasteiger partial charge in [0.1, 0.15) is 5.82 Å². The molecule has 22 heavy (non-hydrogen) atoms. The van der Waals surface area contributed by atoms with Gasteiger partial charge in [0.15, 0.2) is 0 Å². The summed E-state index contributed by atoms with van der Waals surface area (Å²) in [5, 5.41) is 0. The van der Waals surface area contributed by atoms with Gasteiger partial charge in [0.2, 0.25) is 0 Å². The highest BCUT2D eigenvalue weighted by atomic mass is 16.5. The molecule has 2 saturated heterocycles. The minimum absolute atomic E-state index is 0.713. The number of ether oxygens (including phenoxy) is 1. The third-order valence-corrected chi connectivity index (χ3v) is 5.25. The number of hydrogen-bond acceptors (Lipinski definition) is 3. The fraction of sp³-hybridized carbons (Fsp3) is 0.833. The average Bonchev–Trinajstić information content (AvgIpc) is 2.50. The van der Waals surface area contributed by atoms with Crippen LogP contribution in [0.5, 0.6) is 0 Å². The molecule has 0 aromatic carbocycles. The van der Waals surface area contributed by atoms with Gasteiger partial charge in [-0.05, 0) is 31.6 Å². The Hall–Kier alpha value is -0.870. The van der Waals surface area contributed by atoms with Crippen molar-refractivity contribution in [2.75, 3.05) is 53.5 Å². The number of aliphatic imine (C=N–C) groups is 1. The van der Waals surface area contributed by atoms with E-state index in [2.05, 4.69) is 30.6 Å². The molecule has 0 unspecified atom stereocenters. The maximum Gasteiger partial charge on any atom is 0.120 e. The van der Waals surface area contributed by atoms with E-state index in [9.17, 15) is 0 Å². The smallest absolute Gasteiger partial charge is 0.120 e. The highest BCUT2D eigenvalue weighted by Crippen LogP contribution is 2.23. The molecule has 2 heterocycles. The molecule has 2 rings (SSSR count). The van der Waals surface area contributed by atoms with Crippen LogP contribution in [-0.4, -0.2) is 69.1 Å². The van der Waals surface area contributed by atoms with Crippen molar-refractivity contribution in [1.82, 2.24) is 4.90 Å². The lowest BCUT2D eigenvalue weighted by Gasteiger charge is -2.37. The molecule has 0 aromatic rings. The lowest BCUT2D eigenvalue weighted by molar-refractivity contribution is -0.896. The van der Waals surface area contributed by atoms with E-state index in [-0.39, 0.29) is 0 Å². The minimum Gasteiger partial charge on any atom is -0.381 e. The molecule has 0 N–H and O–H groups in total. The zero-order chi connectivity index (χ0) is 16.0. The van der Waals surface area contributed by atoms with Crippen LogP contribution < -0.4 is 0 Å². The van der Waals surface area contributed by atoms with Crippen LogP contribution in [-0.2, 0) is 4.74 Å². The fourth-order valence-corrected chi connectivity index (χ4v) is 3.48. The molecular weight excluding hydrogens is 274 g/mol. The van der Waals surface area contributed by atoms with E-state index in [1.807, 2.05) is 13.1 Å². The van der Waals surface area contributed by atoms with E-state index in [4.69, 9.17) is 4.74 Å². The first-order valence-electron chi connectivity index (χ1n) is 8.82. The molecule has 4 heteroatoms. The van der Waals surface area contributed by atoms with Gasteiger partial charge in [-0.2, -0.15) is 0 Å². The summed E-state index contributed by atoms with van der Waals surface area (Å²) in [6.07, 6.45) is 6.86. The monoisotopic (exact) mass is 308 g/mol. The number of nitrogens with zero attached hydrogens (tertiary/aromatic N) is 3. The number of piperidine rings is 2. The molecular formula is C18H34N3O+. The van der Waals surface area contributed by atoms with Crippen LogP contribution in [0.3, 0.4) is 0 Å². The van der Waals surface area contributed by atoms with Crippen molar-refractivity contribution in [2.24, 2.45) is 16.8 Å². The van der Waals surface area contributed by atoms with Crippen molar-refractivity contribution in [1.29, 1.82) is 0 Å². The van der Waals surface area contributed by atoms with Crippen molar-refractivity contribution < 1.29 is 9.22 Å². The molecule has 4 nitrogen and oxygen atoms in total. The molecule has 0 spiro atoms. The van der Waals surface area contributed by atoms with Crippen LogP contribution in [0.1, 0.15) is 32.6 Å². The summed E-state index contributed by atoms with van der Waals surface area (Å²) in [6.45, 7) is 12.6. The largest absolute Gasteiger partial charge is 0.381 e. The third kappa shape index (κ3) is 5.40. The van der Waals surface area contributed by atoms with Crippen LogP contribution in [0.2, 0.25) is 0 Å². The summed E-state index contributed by atoms with van der Waals surface area (Å²) < 4.78 is 7.23. The molecule has 0 saturated carbocycles. The summed E-state index contributed by atoms with van der Waals surface area (Å²) in [7, 11) is 4.67. The third-order valence-electron chi connectivity index (χ3n) is 5.25. The number of rotatable bonds is 6. The first-order chi connectivity index (χ1) is 10.5. The van der Waals surface area contributed by atoms with Gasteiger partial charge < -0.3 is 14.1 Å². The molecule has 126 valence electrons. The van der Waals surface area contributed by atoms with Gasteiger partial charge in [-0.15, -0.1) is 0 Å². The Morgan fingerprint density at radius 3 is 2.23 bits per heavy atom. The normalized spacial score (nSPS) is 24.0. The van der Waals surface area contributed by atoms with Gasteiger partial charge in [0.25, 0.3) is 0 Å². The molecule has 0 amide bonds. The Bertz CT molecular complexity index is 374. The van der Waals surface area contributed by atoms with Crippen LogP contribution in [0.4, 0.5) is 0 Å². The summed E-state index contributed by atoms with van der Waals surface area (Å²) >= 11 is 0. The highest BCUT2D eigenvalue weighted by molar-refractivity contribution is 5.54. The van der Waals surface area contributed by atoms with Crippen molar-refractivity contribution >= 4 is 6.21 Å². The molecule has 0 aromatic heterocycles. The number of quaternary nitrogens is 1. The maximum atomic E-state index is 6.05. The number of likely N-dealkylation sites (tertiary alicyclic amines) is 2. The van der Waals surface area contributed by atoms with Gasteiger partial charge >= 0.3 is 0 Å². The Labute approximate surface area is 136 Å². The molecule has 0 bridgehead atoms. The highest BCUT2D eigenvalue weighted by Gasteiger charge is 2.26. The first kappa shape index (κ1) is 17.5. The predicted molar refractivity (Wildman–Crippen MR) is 93.0 cm³/mol. The second-order valence-corrected chi connectivity index (χ2v) is 7.60. The van der Waals surface area contributed by atoms with Gasteiger partial charge in [-0.25, -0.2) is 4.99 Å². The Kier molecular flexibility index (Phi) is 6.45. The van der Waals surface area contributed by atoms with Crippen LogP contribution in [0.25, 0.3) is 0 Å². The lowest BCUT2D eigenvalue weighted by atomic mass is 9.96. The Morgan fingerprint density at radius 1 is 1.14 bits per heavy atom. The molecule has 2 fully saturated rings. The quantitative estimate of drug-likeness (QED) is 0.557. The fourth-order valence-electron chi connectivity index (χ4n) is 3.48. The van der Waals surface area contributed by atoms with Gasteiger partial charge in [-0.1, -0.05) is 6.58 Å². The van der Waals surface area contributed by atoms with Gasteiger partial charge in [0, 0.05) is 45.4 Å². The van der Waals surface area contributed by atoms with Crippen LogP contribution >= 0.6 is 0 Å².